The first-order chi connectivity index (χ1) is 12.3. The fourth-order valence-electron chi connectivity index (χ4n) is 2.01. The van der Waals surface area contributed by atoms with Crippen LogP contribution in [0.3, 0.4) is 0 Å². The van der Waals surface area contributed by atoms with Crippen LogP contribution in [0.2, 0.25) is 10.0 Å². The molecule has 0 aliphatic carbocycles. The number of nitrogens with zero attached hydrogens (tertiary/aromatic N) is 1. The Labute approximate surface area is 165 Å². The predicted molar refractivity (Wildman–Crippen MR) is 108 cm³/mol. The first-order valence-electron chi connectivity index (χ1n) is 7.26. The summed E-state index contributed by atoms with van der Waals surface area (Å²) in [6.45, 7) is 1.70. The molecule has 0 unspecified atom stereocenters. The fourth-order valence-corrected chi connectivity index (χ4v) is 2.69. The summed E-state index contributed by atoms with van der Waals surface area (Å²) < 4.78 is 0. The maximum absolute atomic E-state index is 11.9. The second-order valence-corrected chi connectivity index (χ2v) is 6.45. The lowest BCUT2D eigenvalue weighted by molar-refractivity contribution is -0.384. The Bertz CT molecular complexity index is 916. The fraction of sp³-hybridized carbons (Fsp3) is 0.0588. The summed E-state index contributed by atoms with van der Waals surface area (Å²) in [5, 5.41) is 17.0. The summed E-state index contributed by atoms with van der Waals surface area (Å²) >= 11 is 16.9. The van der Waals surface area contributed by atoms with Crippen LogP contribution in [-0.4, -0.2) is 15.9 Å². The van der Waals surface area contributed by atoms with E-state index in [0.29, 0.717) is 26.9 Å². The van der Waals surface area contributed by atoms with Gasteiger partial charge in [-0.1, -0.05) is 29.3 Å². The SMILES string of the molecule is Cc1cc([N+](=O)[O-])ccc1NC(=S)NC(=O)C=Cc1ccc(Cl)cc1Cl. The second kappa shape index (κ2) is 8.75. The number of anilines is 1. The van der Waals surface area contributed by atoms with Crippen LogP contribution < -0.4 is 10.6 Å². The maximum atomic E-state index is 11.9. The molecule has 0 atom stereocenters. The van der Waals surface area contributed by atoms with Gasteiger partial charge in [0, 0.05) is 33.9 Å². The molecule has 0 saturated carbocycles. The molecule has 0 heterocycles. The van der Waals surface area contributed by atoms with Crippen molar-refractivity contribution < 1.29 is 9.72 Å². The quantitative estimate of drug-likeness (QED) is 0.329. The van der Waals surface area contributed by atoms with Gasteiger partial charge in [-0.3, -0.25) is 20.2 Å². The summed E-state index contributed by atoms with van der Waals surface area (Å²) in [4.78, 5) is 22.2. The number of nitrogens with one attached hydrogen (secondary N) is 2. The van der Waals surface area contributed by atoms with E-state index in [1.54, 1.807) is 25.1 Å². The minimum atomic E-state index is -0.483. The van der Waals surface area contributed by atoms with E-state index < -0.39 is 10.8 Å². The normalized spacial score (nSPS) is 10.6. The smallest absolute Gasteiger partial charge is 0.269 e. The second-order valence-electron chi connectivity index (χ2n) is 5.20. The van der Waals surface area contributed by atoms with Crippen molar-refractivity contribution in [1.82, 2.24) is 5.32 Å². The summed E-state index contributed by atoms with van der Waals surface area (Å²) in [5.41, 5.74) is 1.80. The Morgan fingerprint density at radius 2 is 1.96 bits per heavy atom. The minimum Gasteiger partial charge on any atom is -0.332 e. The van der Waals surface area contributed by atoms with Gasteiger partial charge >= 0.3 is 0 Å². The Hall–Kier alpha value is -2.48. The topological polar surface area (TPSA) is 84.3 Å². The molecule has 0 radical (unpaired) electrons. The molecule has 0 fully saturated rings. The van der Waals surface area contributed by atoms with Crippen molar-refractivity contribution in [2.24, 2.45) is 0 Å². The van der Waals surface area contributed by atoms with Crippen molar-refractivity contribution in [3.63, 3.8) is 0 Å². The van der Waals surface area contributed by atoms with E-state index in [2.05, 4.69) is 10.6 Å². The molecule has 26 heavy (non-hydrogen) atoms. The number of benzene rings is 2. The molecule has 6 nitrogen and oxygen atoms in total. The van der Waals surface area contributed by atoms with Gasteiger partial charge in [-0.05, 0) is 54.5 Å². The molecule has 0 aliphatic heterocycles. The number of nitro benzene ring substituents is 1. The number of hydrogen-bond acceptors (Lipinski definition) is 4. The van der Waals surface area contributed by atoms with Gasteiger partial charge < -0.3 is 5.32 Å². The third kappa shape index (κ3) is 5.52. The average Bonchev–Trinajstić information content (AvgIpc) is 2.55. The lowest BCUT2D eigenvalue weighted by Gasteiger charge is -2.10. The van der Waals surface area contributed by atoms with Crippen LogP contribution in [-0.2, 0) is 4.79 Å². The lowest BCUT2D eigenvalue weighted by Crippen LogP contribution is -2.33. The van der Waals surface area contributed by atoms with E-state index in [4.69, 9.17) is 35.4 Å². The number of aryl methyl sites for hydroxylation is 1. The Kier molecular flexibility index (Phi) is 6.68. The number of rotatable bonds is 4. The van der Waals surface area contributed by atoms with Crippen LogP contribution in [0, 0.1) is 17.0 Å². The van der Waals surface area contributed by atoms with Crippen LogP contribution in [0.5, 0.6) is 0 Å². The minimum absolute atomic E-state index is 0.0224. The highest BCUT2D eigenvalue weighted by atomic mass is 35.5. The van der Waals surface area contributed by atoms with Gasteiger partial charge in [-0.15, -0.1) is 0 Å². The van der Waals surface area contributed by atoms with Crippen molar-refractivity contribution in [2.75, 3.05) is 5.32 Å². The highest BCUT2D eigenvalue weighted by Crippen LogP contribution is 2.22. The molecule has 0 bridgehead atoms. The van der Waals surface area contributed by atoms with Crippen LogP contribution in [0.1, 0.15) is 11.1 Å². The largest absolute Gasteiger partial charge is 0.332 e. The van der Waals surface area contributed by atoms with Gasteiger partial charge in [-0.25, -0.2) is 0 Å². The number of non-ortho nitro benzene ring substituents is 1. The molecule has 9 heteroatoms. The summed E-state index contributed by atoms with van der Waals surface area (Å²) in [5.74, 6) is -0.451. The maximum Gasteiger partial charge on any atom is 0.269 e. The van der Waals surface area contributed by atoms with E-state index >= 15 is 0 Å². The number of carbonyl (C=O) groups excluding carboxylic acids is 1. The van der Waals surface area contributed by atoms with Gasteiger partial charge in [0.05, 0.1) is 4.92 Å². The molecular weight excluding hydrogens is 397 g/mol. The van der Waals surface area contributed by atoms with Crippen LogP contribution in [0.4, 0.5) is 11.4 Å². The number of nitro groups is 1. The third-order valence-electron chi connectivity index (χ3n) is 3.28. The zero-order chi connectivity index (χ0) is 19.3. The van der Waals surface area contributed by atoms with Crippen molar-refractivity contribution in [2.45, 2.75) is 6.92 Å². The zero-order valence-corrected chi connectivity index (χ0v) is 15.8. The molecule has 0 aromatic heterocycles. The summed E-state index contributed by atoms with van der Waals surface area (Å²) in [6, 6.07) is 9.21. The molecule has 134 valence electrons. The predicted octanol–water partition coefficient (Wildman–Crippen LogP) is 4.74. The number of halogens is 2. The van der Waals surface area contributed by atoms with Crippen molar-refractivity contribution in [3.8, 4) is 0 Å². The van der Waals surface area contributed by atoms with Gasteiger partial charge in [0.25, 0.3) is 5.69 Å². The highest BCUT2D eigenvalue weighted by molar-refractivity contribution is 7.80. The summed E-state index contributed by atoms with van der Waals surface area (Å²) in [6.07, 6.45) is 2.82. The molecule has 0 aliphatic rings. The molecule has 1 amide bonds. The van der Waals surface area contributed by atoms with E-state index in [-0.39, 0.29) is 10.8 Å². The Morgan fingerprint density at radius 3 is 2.58 bits per heavy atom. The molecular formula is C17H13Cl2N3O3S. The first kappa shape index (κ1) is 19.8. The van der Waals surface area contributed by atoms with Crippen LogP contribution in [0.15, 0.2) is 42.5 Å². The molecule has 2 aromatic carbocycles. The van der Waals surface area contributed by atoms with Crippen molar-refractivity contribution >= 4 is 63.9 Å². The van der Waals surface area contributed by atoms with Crippen molar-refractivity contribution in [3.05, 3.63) is 73.8 Å². The Morgan fingerprint density at radius 1 is 1.23 bits per heavy atom. The first-order valence-corrected chi connectivity index (χ1v) is 8.43. The molecule has 2 rings (SSSR count). The van der Waals surface area contributed by atoms with E-state index in [1.165, 1.54) is 30.4 Å². The molecule has 2 aromatic rings. The van der Waals surface area contributed by atoms with Gasteiger partial charge in [0.2, 0.25) is 5.91 Å². The molecule has 2 N–H and O–H groups in total. The number of thiocarbonyl (C=S) groups is 1. The number of carbonyl (C=O) groups is 1. The summed E-state index contributed by atoms with van der Waals surface area (Å²) in [7, 11) is 0. The van der Waals surface area contributed by atoms with Gasteiger partial charge in [0.15, 0.2) is 5.11 Å². The standard InChI is InChI=1S/C17H13Cl2N3O3S/c1-10-8-13(22(24)25)5-6-15(10)20-17(26)21-16(23)7-3-11-2-4-12(18)9-14(11)19/h2-9H,1H3,(H2,20,21,23,26). The van der Waals surface area contributed by atoms with E-state index in [9.17, 15) is 14.9 Å². The van der Waals surface area contributed by atoms with Crippen LogP contribution in [0.25, 0.3) is 6.08 Å². The number of amides is 1. The molecule has 0 saturated heterocycles. The highest BCUT2D eigenvalue weighted by Gasteiger charge is 2.09. The average molecular weight is 410 g/mol. The van der Waals surface area contributed by atoms with Gasteiger partial charge in [0.1, 0.15) is 0 Å². The lowest BCUT2D eigenvalue weighted by atomic mass is 10.2. The van der Waals surface area contributed by atoms with E-state index in [0.717, 1.165) is 0 Å². The monoisotopic (exact) mass is 409 g/mol. The van der Waals surface area contributed by atoms with Crippen molar-refractivity contribution in [1.29, 1.82) is 0 Å². The van der Waals surface area contributed by atoms with Crippen LogP contribution >= 0.6 is 35.4 Å². The molecule has 0 spiro atoms. The number of hydrogen-bond donors (Lipinski definition) is 2. The zero-order valence-electron chi connectivity index (χ0n) is 13.5. The third-order valence-corrected chi connectivity index (χ3v) is 4.05. The van der Waals surface area contributed by atoms with Gasteiger partial charge in [-0.2, -0.15) is 0 Å². The Balaban J connectivity index is 1.98. The van der Waals surface area contributed by atoms with E-state index in [1.807, 2.05) is 0 Å².